The van der Waals surface area contributed by atoms with Crippen molar-refractivity contribution in [1.82, 2.24) is 0 Å². The van der Waals surface area contributed by atoms with Crippen LogP contribution in [0.1, 0.15) is 22.3 Å². The van der Waals surface area contributed by atoms with Crippen LogP contribution < -0.4 is 9.64 Å². The smallest absolute Gasteiger partial charge is 0.140 e. The first kappa shape index (κ1) is 35.0. The summed E-state index contributed by atoms with van der Waals surface area (Å²) in [5, 5.41) is 2.27. The maximum absolute atomic E-state index is 6.97. The van der Waals surface area contributed by atoms with Crippen molar-refractivity contribution >= 4 is 27.8 Å². The number of ether oxygens (including phenoxy) is 1. The Hall–Kier alpha value is -7.94. The number of nitrogens with zero attached hydrogens (tertiary/aromatic N) is 1. The largest absolute Gasteiger partial charge is 0.456 e. The van der Waals surface area contributed by atoms with Crippen LogP contribution in [0.5, 0.6) is 11.5 Å². The maximum Gasteiger partial charge on any atom is 0.140 e. The Balaban J connectivity index is 1.16. The maximum atomic E-state index is 6.97. The molecule has 0 saturated carbocycles. The molecule has 61 heavy (non-hydrogen) atoms. The van der Waals surface area contributed by atoms with Gasteiger partial charge in [0.25, 0.3) is 0 Å². The summed E-state index contributed by atoms with van der Waals surface area (Å²) in [6, 6.07) is 86.0. The molecule has 10 aromatic rings. The number of anilines is 3. The Morgan fingerprint density at radius 2 is 0.902 bits per heavy atom. The fourth-order valence-corrected chi connectivity index (χ4v) is 10.0. The second-order valence-electron chi connectivity index (χ2n) is 16.0. The zero-order valence-corrected chi connectivity index (χ0v) is 33.4. The lowest BCUT2D eigenvalue weighted by atomic mass is 9.65. The number of hydrogen-bond acceptors (Lipinski definition) is 2. The van der Waals surface area contributed by atoms with Crippen molar-refractivity contribution in [3.8, 4) is 56.0 Å². The molecule has 1 aliphatic carbocycles. The van der Waals surface area contributed by atoms with Crippen LogP contribution in [0.25, 0.3) is 55.3 Å². The van der Waals surface area contributed by atoms with E-state index in [-0.39, 0.29) is 0 Å². The van der Waals surface area contributed by atoms with Crippen molar-refractivity contribution in [2.75, 3.05) is 4.90 Å². The fourth-order valence-electron chi connectivity index (χ4n) is 10.0. The molecule has 0 saturated heterocycles. The summed E-state index contributed by atoms with van der Waals surface area (Å²) in [6.45, 7) is 0. The van der Waals surface area contributed by atoms with Crippen molar-refractivity contribution in [1.29, 1.82) is 0 Å². The Bertz CT molecular complexity index is 3210. The van der Waals surface area contributed by atoms with Gasteiger partial charge in [0.15, 0.2) is 0 Å². The monoisotopic (exact) mass is 777 g/mol. The predicted octanol–water partition coefficient (Wildman–Crippen LogP) is 15.8. The second-order valence-corrected chi connectivity index (χ2v) is 16.0. The van der Waals surface area contributed by atoms with Gasteiger partial charge in [-0.2, -0.15) is 0 Å². The van der Waals surface area contributed by atoms with Gasteiger partial charge in [-0.1, -0.05) is 194 Å². The molecule has 1 aliphatic heterocycles. The Morgan fingerprint density at radius 3 is 1.61 bits per heavy atom. The number of benzene rings is 10. The highest BCUT2D eigenvalue weighted by Gasteiger charge is 2.52. The third-order valence-electron chi connectivity index (χ3n) is 12.7. The normalized spacial score (nSPS) is 14.4. The minimum atomic E-state index is -0.625. The summed E-state index contributed by atoms with van der Waals surface area (Å²) in [5.41, 5.74) is 16.9. The highest BCUT2D eigenvalue weighted by atomic mass is 16.5. The molecule has 1 unspecified atom stereocenters. The average molecular weight is 778 g/mol. The molecule has 12 rings (SSSR count). The summed E-state index contributed by atoms with van der Waals surface area (Å²) >= 11 is 0. The lowest BCUT2D eigenvalue weighted by molar-refractivity contribution is 0.441. The molecule has 0 radical (unpaired) electrons. The van der Waals surface area contributed by atoms with E-state index in [0.717, 1.165) is 61.6 Å². The van der Waals surface area contributed by atoms with Crippen molar-refractivity contribution in [2.45, 2.75) is 5.41 Å². The molecule has 1 heterocycles. The summed E-state index contributed by atoms with van der Waals surface area (Å²) in [7, 11) is 0. The predicted molar refractivity (Wildman–Crippen MR) is 252 cm³/mol. The standard InChI is InChI=1S/C59H39NO/c1-4-17-40(18-5-1)43-31-34-47(35-32-43)60(48-38-45(41-19-6-2-7-20-41)37-46(39-48)42-21-8-3-9-22-42)55-29-16-28-53-57(55)50-25-12-13-26-51(50)59(53)52-27-14-15-30-56(52)61-58-49-24-11-10-23-44(49)33-36-54(58)59/h1-39H. The molecule has 0 amide bonds. The van der Waals surface area contributed by atoms with Gasteiger partial charge in [-0.15, -0.1) is 0 Å². The second kappa shape index (κ2) is 14.1. The minimum absolute atomic E-state index is 0.625. The Kier molecular flexibility index (Phi) is 8.11. The van der Waals surface area contributed by atoms with Gasteiger partial charge in [0.1, 0.15) is 11.5 Å². The van der Waals surface area contributed by atoms with Crippen LogP contribution in [-0.4, -0.2) is 0 Å². The summed E-state index contributed by atoms with van der Waals surface area (Å²) < 4.78 is 6.97. The third kappa shape index (κ3) is 5.50. The zero-order valence-electron chi connectivity index (χ0n) is 33.4. The van der Waals surface area contributed by atoms with Crippen LogP contribution in [0, 0.1) is 0 Å². The lowest BCUT2D eigenvalue weighted by Gasteiger charge is -2.40. The fraction of sp³-hybridized carbons (Fsp3) is 0.0169. The number of hydrogen-bond donors (Lipinski definition) is 0. The molecule has 2 heteroatoms. The molecule has 0 N–H and O–H groups in total. The molecule has 2 nitrogen and oxygen atoms in total. The Morgan fingerprint density at radius 1 is 0.344 bits per heavy atom. The van der Waals surface area contributed by atoms with E-state index in [2.05, 4.69) is 241 Å². The molecule has 0 aromatic heterocycles. The quantitative estimate of drug-likeness (QED) is 0.167. The van der Waals surface area contributed by atoms with E-state index in [0.29, 0.717) is 0 Å². The first-order valence-corrected chi connectivity index (χ1v) is 21.0. The molecule has 2 aliphatic rings. The van der Waals surface area contributed by atoms with Crippen LogP contribution in [0.2, 0.25) is 0 Å². The number of rotatable bonds is 6. The van der Waals surface area contributed by atoms with E-state index in [9.17, 15) is 0 Å². The van der Waals surface area contributed by atoms with Crippen LogP contribution in [0.3, 0.4) is 0 Å². The lowest BCUT2D eigenvalue weighted by Crippen LogP contribution is -2.32. The van der Waals surface area contributed by atoms with Gasteiger partial charge < -0.3 is 9.64 Å². The average Bonchev–Trinajstić information content (AvgIpc) is 3.63. The van der Waals surface area contributed by atoms with Gasteiger partial charge in [0.05, 0.1) is 11.1 Å². The van der Waals surface area contributed by atoms with Crippen LogP contribution in [0.15, 0.2) is 237 Å². The molecule has 286 valence electrons. The van der Waals surface area contributed by atoms with Crippen molar-refractivity contribution in [2.24, 2.45) is 0 Å². The SMILES string of the molecule is c1ccc(-c2ccc(N(c3cc(-c4ccccc4)cc(-c4ccccc4)c3)c3cccc4c3-c3ccccc3C43c4ccccc4Oc4c3ccc3ccccc43)cc2)cc1. The first-order valence-electron chi connectivity index (χ1n) is 21.0. The topological polar surface area (TPSA) is 12.5 Å². The summed E-state index contributed by atoms with van der Waals surface area (Å²) in [5.74, 6) is 1.80. The van der Waals surface area contributed by atoms with Gasteiger partial charge in [-0.05, 0) is 97.9 Å². The van der Waals surface area contributed by atoms with Crippen molar-refractivity contribution in [3.05, 3.63) is 259 Å². The van der Waals surface area contributed by atoms with Gasteiger partial charge >= 0.3 is 0 Å². The Labute approximate surface area is 356 Å². The highest BCUT2D eigenvalue weighted by Crippen LogP contribution is 2.65. The third-order valence-corrected chi connectivity index (χ3v) is 12.7. The van der Waals surface area contributed by atoms with Crippen LogP contribution >= 0.6 is 0 Å². The number of para-hydroxylation sites is 1. The minimum Gasteiger partial charge on any atom is -0.456 e. The van der Waals surface area contributed by atoms with Crippen molar-refractivity contribution < 1.29 is 4.74 Å². The van der Waals surface area contributed by atoms with E-state index in [1.54, 1.807) is 0 Å². The van der Waals surface area contributed by atoms with E-state index >= 15 is 0 Å². The van der Waals surface area contributed by atoms with E-state index in [1.807, 2.05) is 0 Å². The molecular weight excluding hydrogens is 739 g/mol. The molecule has 0 bridgehead atoms. The van der Waals surface area contributed by atoms with Gasteiger partial charge in [-0.25, -0.2) is 0 Å². The van der Waals surface area contributed by atoms with Gasteiger partial charge in [0.2, 0.25) is 0 Å². The number of fused-ring (bicyclic) bond motifs is 11. The molecule has 1 spiro atoms. The van der Waals surface area contributed by atoms with E-state index in [4.69, 9.17) is 4.74 Å². The molecular formula is C59H39NO. The van der Waals surface area contributed by atoms with Gasteiger partial charge in [0, 0.05) is 33.5 Å². The zero-order chi connectivity index (χ0) is 40.3. The van der Waals surface area contributed by atoms with Crippen LogP contribution in [0.4, 0.5) is 17.1 Å². The van der Waals surface area contributed by atoms with E-state index < -0.39 is 5.41 Å². The first-order chi connectivity index (χ1) is 30.3. The summed E-state index contributed by atoms with van der Waals surface area (Å²) in [6.07, 6.45) is 0. The van der Waals surface area contributed by atoms with E-state index in [1.165, 1.54) is 44.5 Å². The molecule has 1 atom stereocenters. The van der Waals surface area contributed by atoms with Crippen LogP contribution in [-0.2, 0) is 5.41 Å². The van der Waals surface area contributed by atoms with Gasteiger partial charge in [-0.3, -0.25) is 0 Å². The summed E-state index contributed by atoms with van der Waals surface area (Å²) in [4.78, 5) is 2.48. The highest BCUT2D eigenvalue weighted by molar-refractivity contribution is 6.01. The van der Waals surface area contributed by atoms with Crippen molar-refractivity contribution in [3.63, 3.8) is 0 Å². The molecule has 0 fully saturated rings. The molecule has 10 aromatic carbocycles.